The maximum absolute atomic E-state index is 7.38. The van der Waals surface area contributed by atoms with Crippen LogP contribution in [0.25, 0.3) is 10.9 Å². The molecule has 4 nitrogen and oxygen atoms in total. The summed E-state index contributed by atoms with van der Waals surface area (Å²) < 4.78 is 0. The van der Waals surface area contributed by atoms with Crippen LogP contribution in [0.15, 0.2) is 36.5 Å². The molecule has 1 aliphatic rings. The van der Waals surface area contributed by atoms with Gasteiger partial charge in [0.25, 0.3) is 0 Å². The Bertz CT molecular complexity index is 619. The number of nitrogens with zero attached hydrogens (tertiary/aromatic N) is 2. The summed E-state index contributed by atoms with van der Waals surface area (Å²) in [5.41, 5.74) is 7.82. The summed E-state index contributed by atoms with van der Waals surface area (Å²) >= 11 is 0. The molecule has 1 saturated carbocycles. The fourth-order valence-corrected chi connectivity index (χ4v) is 2.55. The second-order valence-corrected chi connectivity index (χ2v) is 5.51. The van der Waals surface area contributed by atoms with Crippen LogP contribution >= 0.6 is 0 Å². The molecule has 0 radical (unpaired) electrons. The minimum Gasteiger partial charge on any atom is -0.388 e. The maximum atomic E-state index is 7.38. The molecule has 1 fully saturated rings. The number of fused-ring (bicyclic) bond motifs is 1. The van der Waals surface area contributed by atoms with E-state index in [0.29, 0.717) is 12.5 Å². The summed E-state index contributed by atoms with van der Waals surface area (Å²) in [5, 5.41) is 8.57. The van der Waals surface area contributed by atoms with Crippen LogP contribution < -0.4 is 5.73 Å². The highest BCUT2D eigenvalue weighted by Gasteiger charge is 2.28. The van der Waals surface area contributed by atoms with Gasteiger partial charge in [-0.25, -0.2) is 0 Å². The summed E-state index contributed by atoms with van der Waals surface area (Å²) in [6, 6.07) is 11.2. The van der Waals surface area contributed by atoms with Gasteiger partial charge >= 0.3 is 0 Å². The molecule has 104 valence electrons. The number of nitrogens with two attached hydrogens (primary N) is 1. The lowest BCUT2D eigenvalue weighted by Crippen LogP contribution is -2.29. The molecule has 1 aromatic heterocycles. The monoisotopic (exact) mass is 268 g/mol. The summed E-state index contributed by atoms with van der Waals surface area (Å²) in [6.45, 7) is 1.81. The Kier molecular flexibility index (Phi) is 3.65. The van der Waals surface area contributed by atoms with Gasteiger partial charge < -0.3 is 5.73 Å². The molecule has 0 saturated heterocycles. The van der Waals surface area contributed by atoms with Crippen molar-refractivity contribution in [1.29, 1.82) is 5.41 Å². The summed E-state index contributed by atoms with van der Waals surface area (Å²) in [6.07, 6.45) is 5.02. The largest absolute Gasteiger partial charge is 0.388 e. The number of nitrogens with one attached hydrogen (secondary N) is 1. The van der Waals surface area contributed by atoms with E-state index in [-0.39, 0.29) is 5.84 Å². The Hall–Kier alpha value is -1.94. The first-order valence-corrected chi connectivity index (χ1v) is 7.13. The third-order valence-corrected chi connectivity index (χ3v) is 3.78. The highest BCUT2D eigenvalue weighted by atomic mass is 15.2. The molecule has 0 spiro atoms. The van der Waals surface area contributed by atoms with Crippen LogP contribution in [0.4, 0.5) is 0 Å². The van der Waals surface area contributed by atoms with Crippen LogP contribution in [0.3, 0.4) is 0 Å². The van der Waals surface area contributed by atoms with E-state index in [1.165, 1.54) is 23.8 Å². The van der Waals surface area contributed by atoms with Gasteiger partial charge in [-0.3, -0.25) is 15.3 Å². The fourth-order valence-electron chi connectivity index (χ4n) is 2.55. The minimum atomic E-state index is 0.276. The quantitative estimate of drug-likeness (QED) is 0.625. The molecule has 3 rings (SSSR count). The van der Waals surface area contributed by atoms with Crippen molar-refractivity contribution < 1.29 is 0 Å². The van der Waals surface area contributed by atoms with Gasteiger partial charge in [-0.1, -0.05) is 12.1 Å². The Balaban J connectivity index is 1.74. The summed E-state index contributed by atoms with van der Waals surface area (Å²) in [7, 11) is 0. The van der Waals surface area contributed by atoms with E-state index in [9.17, 15) is 0 Å². The van der Waals surface area contributed by atoms with Gasteiger partial charge in [0, 0.05) is 37.1 Å². The zero-order valence-electron chi connectivity index (χ0n) is 11.5. The molecule has 0 atom stereocenters. The molecule has 20 heavy (non-hydrogen) atoms. The van der Waals surface area contributed by atoms with Crippen molar-refractivity contribution in [3.05, 3.63) is 42.1 Å². The number of rotatable bonds is 6. The molecular weight excluding hydrogens is 248 g/mol. The first-order valence-electron chi connectivity index (χ1n) is 7.13. The molecule has 1 aliphatic carbocycles. The van der Waals surface area contributed by atoms with Crippen LogP contribution in [0.1, 0.15) is 24.8 Å². The van der Waals surface area contributed by atoms with E-state index in [2.05, 4.69) is 34.1 Å². The number of hydrogen-bond acceptors (Lipinski definition) is 3. The number of hydrogen-bond donors (Lipinski definition) is 2. The van der Waals surface area contributed by atoms with Crippen LogP contribution in [0.2, 0.25) is 0 Å². The Labute approximate surface area is 119 Å². The van der Waals surface area contributed by atoms with Crippen molar-refractivity contribution in [2.24, 2.45) is 5.73 Å². The Morgan fingerprint density at radius 3 is 2.95 bits per heavy atom. The molecule has 0 bridgehead atoms. The van der Waals surface area contributed by atoms with Crippen molar-refractivity contribution >= 4 is 16.7 Å². The normalized spacial score (nSPS) is 14.8. The fraction of sp³-hybridized carbons (Fsp3) is 0.375. The average molecular weight is 268 g/mol. The predicted octanol–water partition coefficient (Wildman–Crippen LogP) is 2.53. The second-order valence-electron chi connectivity index (χ2n) is 5.51. The molecule has 0 unspecified atom stereocenters. The molecule has 0 amide bonds. The van der Waals surface area contributed by atoms with E-state index in [1.54, 1.807) is 0 Å². The molecule has 0 aliphatic heterocycles. The minimum absolute atomic E-state index is 0.276. The maximum Gasteiger partial charge on any atom is 0.0918 e. The Morgan fingerprint density at radius 1 is 1.35 bits per heavy atom. The topological polar surface area (TPSA) is 66.0 Å². The number of pyridine rings is 1. The van der Waals surface area contributed by atoms with E-state index in [0.717, 1.165) is 18.6 Å². The van der Waals surface area contributed by atoms with Crippen molar-refractivity contribution in [1.82, 2.24) is 9.88 Å². The van der Waals surface area contributed by atoms with Crippen molar-refractivity contribution in [2.75, 3.05) is 6.54 Å². The lowest BCUT2D eigenvalue weighted by atomic mass is 10.1. The van der Waals surface area contributed by atoms with Crippen LogP contribution in [-0.2, 0) is 6.54 Å². The van der Waals surface area contributed by atoms with E-state index in [1.807, 2.05) is 12.3 Å². The van der Waals surface area contributed by atoms with Gasteiger partial charge in [0.05, 0.1) is 11.4 Å². The summed E-state index contributed by atoms with van der Waals surface area (Å²) in [4.78, 5) is 6.79. The van der Waals surface area contributed by atoms with Crippen molar-refractivity contribution in [3.63, 3.8) is 0 Å². The van der Waals surface area contributed by atoms with Crippen LogP contribution in [0, 0.1) is 5.41 Å². The molecule has 3 N–H and O–H groups in total. The number of benzene rings is 1. The first-order chi connectivity index (χ1) is 9.72. The highest BCUT2D eigenvalue weighted by molar-refractivity contribution is 5.79. The standard InChI is InChI=1S/C16H20N4/c17-16(18)7-9-20(14-4-5-14)11-12-3-6-15-13(10-12)2-1-8-19-15/h1-3,6,8,10,14H,4-5,7,9,11H2,(H3,17,18). The zero-order valence-corrected chi connectivity index (χ0v) is 11.5. The molecule has 2 aromatic rings. The van der Waals surface area contributed by atoms with Crippen LogP contribution in [-0.4, -0.2) is 28.3 Å². The van der Waals surface area contributed by atoms with Gasteiger partial charge in [-0.2, -0.15) is 0 Å². The van der Waals surface area contributed by atoms with Crippen molar-refractivity contribution in [3.8, 4) is 0 Å². The zero-order chi connectivity index (χ0) is 13.9. The lowest BCUT2D eigenvalue weighted by Gasteiger charge is -2.21. The smallest absolute Gasteiger partial charge is 0.0918 e. The van der Waals surface area contributed by atoms with E-state index >= 15 is 0 Å². The van der Waals surface area contributed by atoms with Gasteiger partial charge in [-0.05, 0) is 36.6 Å². The molecule has 1 heterocycles. The second kappa shape index (κ2) is 5.59. The van der Waals surface area contributed by atoms with E-state index < -0.39 is 0 Å². The molecule has 4 heteroatoms. The predicted molar refractivity (Wildman–Crippen MR) is 81.7 cm³/mol. The molecular formula is C16H20N4. The Morgan fingerprint density at radius 2 is 2.20 bits per heavy atom. The number of aromatic nitrogens is 1. The van der Waals surface area contributed by atoms with E-state index in [4.69, 9.17) is 11.1 Å². The SMILES string of the molecule is N=C(N)CCN(Cc1ccc2ncccc2c1)C1CC1. The first kappa shape index (κ1) is 13.1. The average Bonchev–Trinajstić information content (AvgIpc) is 3.27. The lowest BCUT2D eigenvalue weighted by molar-refractivity contribution is 0.262. The van der Waals surface area contributed by atoms with Gasteiger partial charge in [0.2, 0.25) is 0 Å². The summed E-state index contributed by atoms with van der Waals surface area (Å²) in [5.74, 6) is 0.276. The van der Waals surface area contributed by atoms with Gasteiger partial charge in [-0.15, -0.1) is 0 Å². The van der Waals surface area contributed by atoms with Crippen LogP contribution in [0.5, 0.6) is 0 Å². The highest BCUT2D eigenvalue weighted by Crippen LogP contribution is 2.28. The van der Waals surface area contributed by atoms with Gasteiger partial charge in [0.1, 0.15) is 0 Å². The number of amidine groups is 1. The van der Waals surface area contributed by atoms with Gasteiger partial charge in [0.15, 0.2) is 0 Å². The third-order valence-electron chi connectivity index (χ3n) is 3.78. The molecule has 1 aromatic carbocycles. The third kappa shape index (κ3) is 3.14. The van der Waals surface area contributed by atoms with Crippen molar-refractivity contribution in [2.45, 2.75) is 31.8 Å².